The third kappa shape index (κ3) is 2.83. The molecule has 16 heavy (non-hydrogen) atoms. The summed E-state index contributed by atoms with van der Waals surface area (Å²) in [6.45, 7) is 6.14. The molecule has 0 heterocycles. The Balaban J connectivity index is 2.87. The number of rotatable bonds is 4. The van der Waals surface area contributed by atoms with Crippen LogP contribution in [0.25, 0.3) is 0 Å². The van der Waals surface area contributed by atoms with Crippen LogP contribution in [0.2, 0.25) is 0 Å². The number of esters is 1. The lowest BCUT2D eigenvalue weighted by Gasteiger charge is -2.23. The van der Waals surface area contributed by atoms with Gasteiger partial charge < -0.3 is 9.47 Å². The number of methoxy groups -OCH3 is 1. The van der Waals surface area contributed by atoms with E-state index in [1.807, 2.05) is 26.0 Å². The summed E-state index contributed by atoms with van der Waals surface area (Å²) in [4.78, 5) is 11.4. The summed E-state index contributed by atoms with van der Waals surface area (Å²) in [5, 5.41) is 0. The second kappa shape index (κ2) is 5.12. The number of ether oxygens (including phenoxy) is 2. The van der Waals surface area contributed by atoms with E-state index in [1.54, 1.807) is 26.2 Å². The molecule has 0 saturated heterocycles. The van der Waals surface area contributed by atoms with Crippen LogP contribution in [-0.4, -0.2) is 19.7 Å². The van der Waals surface area contributed by atoms with Crippen molar-refractivity contribution in [1.82, 2.24) is 0 Å². The van der Waals surface area contributed by atoms with Crippen LogP contribution >= 0.6 is 0 Å². The Morgan fingerprint density at radius 3 is 2.25 bits per heavy atom. The van der Waals surface area contributed by atoms with Gasteiger partial charge in [0.2, 0.25) is 0 Å². The quantitative estimate of drug-likeness (QED) is 0.735. The zero-order chi connectivity index (χ0) is 12.2. The minimum atomic E-state index is -0.340. The molecule has 1 aromatic rings. The van der Waals surface area contributed by atoms with Gasteiger partial charge in [0.25, 0.3) is 0 Å². The number of carbonyl (C=O) groups is 1. The molecule has 0 aromatic heterocycles. The van der Waals surface area contributed by atoms with Crippen LogP contribution in [-0.2, 0) is 15.1 Å². The maximum absolute atomic E-state index is 11.4. The number of carbonyl (C=O) groups excluding carboxylic acids is 1. The van der Waals surface area contributed by atoms with Gasteiger partial charge in [0.15, 0.2) is 0 Å². The molecule has 1 aromatic carbocycles. The smallest absolute Gasteiger partial charge is 0.338 e. The lowest BCUT2D eigenvalue weighted by molar-refractivity contribution is 0.0191. The van der Waals surface area contributed by atoms with Crippen molar-refractivity contribution in [2.75, 3.05) is 13.7 Å². The fraction of sp³-hybridized carbons (Fsp3) is 0.462. The summed E-state index contributed by atoms with van der Waals surface area (Å²) >= 11 is 0. The second-order valence-electron chi connectivity index (χ2n) is 4.01. The fourth-order valence-electron chi connectivity index (χ4n) is 1.34. The van der Waals surface area contributed by atoms with Crippen LogP contribution in [0.3, 0.4) is 0 Å². The Bertz CT molecular complexity index is 352. The molecule has 3 nitrogen and oxygen atoms in total. The number of hydrogen-bond acceptors (Lipinski definition) is 3. The van der Waals surface area contributed by atoms with Gasteiger partial charge in [0, 0.05) is 7.11 Å². The summed E-state index contributed by atoms with van der Waals surface area (Å²) in [5.74, 6) is -0.288. The van der Waals surface area contributed by atoms with Gasteiger partial charge in [-0.05, 0) is 38.5 Å². The van der Waals surface area contributed by atoms with Crippen LogP contribution < -0.4 is 0 Å². The van der Waals surface area contributed by atoms with E-state index in [4.69, 9.17) is 9.47 Å². The first-order valence-electron chi connectivity index (χ1n) is 5.34. The predicted octanol–water partition coefficient (Wildman–Crippen LogP) is 2.74. The van der Waals surface area contributed by atoms with Gasteiger partial charge in [-0.15, -0.1) is 0 Å². The fourth-order valence-corrected chi connectivity index (χ4v) is 1.34. The molecule has 3 heteroatoms. The Labute approximate surface area is 96.4 Å². The van der Waals surface area contributed by atoms with Crippen LogP contribution in [0.5, 0.6) is 0 Å². The molecule has 0 saturated carbocycles. The summed E-state index contributed by atoms with van der Waals surface area (Å²) in [6, 6.07) is 7.29. The number of benzene rings is 1. The van der Waals surface area contributed by atoms with E-state index in [-0.39, 0.29) is 11.6 Å². The van der Waals surface area contributed by atoms with Crippen LogP contribution in [0, 0.1) is 0 Å². The van der Waals surface area contributed by atoms with Crippen molar-refractivity contribution < 1.29 is 14.3 Å². The molecular formula is C13H18O3. The van der Waals surface area contributed by atoms with Gasteiger partial charge in [-0.2, -0.15) is 0 Å². The van der Waals surface area contributed by atoms with Crippen molar-refractivity contribution in [2.24, 2.45) is 0 Å². The minimum Gasteiger partial charge on any atom is -0.462 e. The van der Waals surface area contributed by atoms with Crippen molar-refractivity contribution >= 4 is 5.97 Å². The zero-order valence-electron chi connectivity index (χ0n) is 10.2. The summed E-state index contributed by atoms with van der Waals surface area (Å²) in [7, 11) is 1.67. The molecule has 0 aliphatic carbocycles. The van der Waals surface area contributed by atoms with E-state index >= 15 is 0 Å². The van der Waals surface area contributed by atoms with Crippen molar-refractivity contribution in [3.63, 3.8) is 0 Å². The van der Waals surface area contributed by atoms with E-state index in [0.29, 0.717) is 12.2 Å². The predicted molar refractivity (Wildman–Crippen MR) is 62.4 cm³/mol. The molecular weight excluding hydrogens is 204 g/mol. The molecule has 0 bridgehead atoms. The SMILES string of the molecule is CCOC(=O)c1ccc(C(C)(C)OC)cc1. The Morgan fingerprint density at radius 2 is 1.81 bits per heavy atom. The van der Waals surface area contributed by atoms with E-state index in [9.17, 15) is 4.79 Å². The van der Waals surface area contributed by atoms with Crippen molar-refractivity contribution in [2.45, 2.75) is 26.4 Å². The molecule has 88 valence electrons. The molecule has 0 aliphatic heterocycles. The summed E-state index contributed by atoms with van der Waals surface area (Å²) < 4.78 is 10.3. The topological polar surface area (TPSA) is 35.5 Å². The highest BCUT2D eigenvalue weighted by Gasteiger charge is 2.19. The van der Waals surface area contributed by atoms with Crippen molar-refractivity contribution in [3.05, 3.63) is 35.4 Å². The molecule has 0 fully saturated rings. The molecule has 0 radical (unpaired) electrons. The third-order valence-electron chi connectivity index (χ3n) is 2.60. The molecule has 1 rings (SSSR count). The number of hydrogen-bond donors (Lipinski definition) is 0. The van der Waals surface area contributed by atoms with Crippen LogP contribution in [0.4, 0.5) is 0 Å². The molecule has 0 N–H and O–H groups in total. The van der Waals surface area contributed by atoms with E-state index in [0.717, 1.165) is 5.56 Å². The molecule has 0 amide bonds. The van der Waals surface area contributed by atoms with Gasteiger partial charge in [0.05, 0.1) is 17.8 Å². The zero-order valence-corrected chi connectivity index (χ0v) is 10.2. The van der Waals surface area contributed by atoms with E-state index in [1.165, 1.54) is 0 Å². The lowest BCUT2D eigenvalue weighted by atomic mass is 9.97. The van der Waals surface area contributed by atoms with E-state index < -0.39 is 0 Å². The molecule has 0 aliphatic rings. The highest BCUT2D eigenvalue weighted by atomic mass is 16.5. The first-order chi connectivity index (χ1) is 7.51. The van der Waals surface area contributed by atoms with Crippen LogP contribution in [0.15, 0.2) is 24.3 Å². The standard InChI is InChI=1S/C13H18O3/c1-5-16-12(14)10-6-8-11(9-7-10)13(2,3)15-4/h6-9H,5H2,1-4H3. The van der Waals surface area contributed by atoms with Gasteiger partial charge in [-0.25, -0.2) is 4.79 Å². The monoisotopic (exact) mass is 222 g/mol. The Morgan fingerprint density at radius 1 is 1.25 bits per heavy atom. The van der Waals surface area contributed by atoms with Gasteiger partial charge in [0.1, 0.15) is 0 Å². The molecule has 0 spiro atoms. The normalized spacial score (nSPS) is 11.2. The summed E-state index contributed by atoms with van der Waals surface area (Å²) in [5.41, 5.74) is 1.26. The minimum absolute atomic E-state index is 0.288. The Kier molecular flexibility index (Phi) is 4.07. The molecule has 0 unspecified atom stereocenters. The first-order valence-corrected chi connectivity index (χ1v) is 5.34. The lowest BCUT2D eigenvalue weighted by Crippen LogP contribution is -2.19. The summed E-state index contributed by atoms with van der Waals surface area (Å²) in [6.07, 6.45) is 0. The highest BCUT2D eigenvalue weighted by molar-refractivity contribution is 5.89. The maximum atomic E-state index is 11.4. The Hall–Kier alpha value is -1.35. The van der Waals surface area contributed by atoms with Gasteiger partial charge in [-0.1, -0.05) is 12.1 Å². The van der Waals surface area contributed by atoms with Crippen molar-refractivity contribution in [1.29, 1.82) is 0 Å². The average Bonchev–Trinajstić information content (AvgIpc) is 2.29. The first kappa shape index (κ1) is 12.7. The highest BCUT2D eigenvalue weighted by Crippen LogP contribution is 2.23. The molecule has 0 atom stereocenters. The van der Waals surface area contributed by atoms with Gasteiger partial charge >= 0.3 is 5.97 Å². The largest absolute Gasteiger partial charge is 0.462 e. The van der Waals surface area contributed by atoms with Crippen molar-refractivity contribution in [3.8, 4) is 0 Å². The maximum Gasteiger partial charge on any atom is 0.338 e. The second-order valence-corrected chi connectivity index (χ2v) is 4.01. The average molecular weight is 222 g/mol. The van der Waals surface area contributed by atoms with Crippen LogP contribution in [0.1, 0.15) is 36.7 Å². The third-order valence-corrected chi connectivity index (χ3v) is 2.60. The van der Waals surface area contributed by atoms with E-state index in [2.05, 4.69) is 0 Å². The van der Waals surface area contributed by atoms with Gasteiger partial charge in [-0.3, -0.25) is 0 Å².